The average molecular weight is 412 g/mol. The van der Waals surface area contributed by atoms with Gasteiger partial charge in [0.05, 0.1) is 10.4 Å². The van der Waals surface area contributed by atoms with Crippen molar-refractivity contribution in [2.75, 3.05) is 0 Å². The molecule has 0 saturated carbocycles. The molecular weight excluding hydrogens is 404 g/mol. The van der Waals surface area contributed by atoms with Crippen LogP contribution in [0.4, 0.5) is 0 Å². The van der Waals surface area contributed by atoms with Gasteiger partial charge in [0.25, 0.3) is 0 Å². The Kier molecular flexibility index (Phi) is 4.60. The van der Waals surface area contributed by atoms with Crippen molar-refractivity contribution in [2.45, 2.75) is 10.8 Å². The fourth-order valence-corrected chi connectivity index (χ4v) is 4.39. The van der Waals surface area contributed by atoms with Crippen LogP contribution in [-0.4, -0.2) is 8.42 Å². The molecule has 0 N–H and O–H groups in total. The molecule has 0 atom stereocenters. The van der Waals surface area contributed by atoms with Gasteiger partial charge in [-0.3, -0.25) is 4.18 Å². The summed E-state index contributed by atoms with van der Waals surface area (Å²) in [7, 11) is -3.67. The Morgan fingerprint density at radius 3 is 2.28 bits per heavy atom. The van der Waals surface area contributed by atoms with E-state index in [0.717, 1.165) is 25.2 Å². The number of thiophene rings is 1. The third kappa shape index (κ3) is 3.64. The highest BCUT2D eigenvalue weighted by atomic mass is 79.9. The molecule has 0 radical (unpaired) electrons. The van der Waals surface area contributed by atoms with Crippen LogP contribution in [0.25, 0.3) is 0 Å². The Morgan fingerprint density at radius 2 is 1.72 bits per heavy atom. The maximum absolute atomic E-state index is 11.8. The van der Waals surface area contributed by atoms with E-state index >= 15 is 0 Å². The molecule has 0 aliphatic heterocycles. The van der Waals surface area contributed by atoms with E-state index in [0.29, 0.717) is 0 Å². The molecule has 0 bridgehead atoms. The van der Waals surface area contributed by atoms with Gasteiger partial charge < -0.3 is 0 Å². The quantitative estimate of drug-likeness (QED) is 0.708. The molecule has 0 aliphatic rings. The van der Waals surface area contributed by atoms with E-state index in [1.807, 2.05) is 24.3 Å². The minimum atomic E-state index is -3.67. The van der Waals surface area contributed by atoms with Crippen molar-refractivity contribution < 1.29 is 12.6 Å². The van der Waals surface area contributed by atoms with Crippen LogP contribution in [0.1, 0.15) is 5.56 Å². The molecule has 18 heavy (non-hydrogen) atoms. The summed E-state index contributed by atoms with van der Waals surface area (Å²) in [5.74, 6) is 0. The Labute approximate surface area is 126 Å². The fraction of sp³-hybridized carbons (Fsp3) is 0.0909. The molecule has 96 valence electrons. The SMILES string of the molecule is O=S(=O)(OCc1ccc(Br)cc1)c1ccc(Br)s1. The summed E-state index contributed by atoms with van der Waals surface area (Å²) in [6.07, 6.45) is 0. The summed E-state index contributed by atoms with van der Waals surface area (Å²) in [5, 5.41) is 0. The van der Waals surface area contributed by atoms with E-state index in [1.54, 1.807) is 6.07 Å². The summed E-state index contributed by atoms with van der Waals surface area (Å²) >= 11 is 7.66. The van der Waals surface area contributed by atoms with Gasteiger partial charge in [-0.15, -0.1) is 11.3 Å². The summed E-state index contributed by atoms with van der Waals surface area (Å²) in [5.41, 5.74) is 0.803. The van der Waals surface area contributed by atoms with Crippen molar-refractivity contribution in [2.24, 2.45) is 0 Å². The van der Waals surface area contributed by atoms with Gasteiger partial charge in [0.2, 0.25) is 0 Å². The molecule has 0 amide bonds. The van der Waals surface area contributed by atoms with Crippen LogP contribution in [0.3, 0.4) is 0 Å². The first-order chi connectivity index (χ1) is 8.47. The smallest absolute Gasteiger partial charge is 0.261 e. The van der Waals surface area contributed by atoms with Crippen molar-refractivity contribution in [3.05, 3.63) is 50.2 Å². The van der Waals surface area contributed by atoms with Gasteiger partial charge in [-0.05, 0) is 45.8 Å². The van der Waals surface area contributed by atoms with Crippen LogP contribution in [0.15, 0.2) is 48.9 Å². The Bertz CT molecular complexity index is 633. The molecule has 0 spiro atoms. The topological polar surface area (TPSA) is 43.4 Å². The lowest BCUT2D eigenvalue weighted by atomic mass is 10.2. The van der Waals surface area contributed by atoms with Crippen LogP contribution in [-0.2, 0) is 20.9 Å². The van der Waals surface area contributed by atoms with Crippen LogP contribution >= 0.6 is 43.2 Å². The van der Waals surface area contributed by atoms with Crippen molar-refractivity contribution >= 4 is 53.3 Å². The fourth-order valence-electron chi connectivity index (χ4n) is 1.22. The maximum Gasteiger partial charge on any atom is 0.306 e. The van der Waals surface area contributed by atoms with Crippen molar-refractivity contribution in [1.29, 1.82) is 0 Å². The van der Waals surface area contributed by atoms with Crippen LogP contribution < -0.4 is 0 Å². The third-order valence-corrected chi connectivity index (χ3v) is 5.96. The zero-order valence-corrected chi connectivity index (χ0v) is 13.8. The zero-order valence-electron chi connectivity index (χ0n) is 8.97. The minimum absolute atomic E-state index is 0.0329. The Balaban J connectivity index is 2.08. The molecule has 3 nitrogen and oxygen atoms in total. The molecule has 2 aromatic rings. The van der Waals surface area contributed by atoms with Gasteiger partial charge in [-0.1, -0.05) is 28.1 Å². The van der Waals surface area contributed by atoms with Crippen LogP contribution in [0.5, 0.6) is 0 Å². The molecule has 0 aliphatic carbocycles. The summed E-state index contributed by atoms with van der Waals surface area (Å²) in [4.78, 5) is 0. The first kappa shape index (κ1) is 14.2. The molecule has 2 rings (SSSR count). The van der Waals surface area contributed by atoms with Gasteiger partial charge in [-0.2, -0.15) is 8.42 Å². The molecule has 1 aromatic heterocycles. The Morgan fingerprint density at radius 1 is 1.06 bits per heavy atom. The number of hydrogen-bond donors (Lipinski definition) is 0. The van der Waals surface area contributed by atoms with Gasteiger partial charge >= 0.3 is 10.1 Å². The lowest BCUT2D eigenvalue weighted by Crippen LogP contribution is -2.04. The molecule has 0 fully saturated rings. The highest BCUT2D eigenvalue weighted by molar-refractivity contribution is 9.11. The third-order valence-electron chi connectivity index (χ3n) is 2.09. The lowest BCUT2D eigenvalue weighted by Gasteiger charge is -2.03. The van der Waals surface area contributed by atoms with Crippen LogP contribution in [0.2, 0.25) is 0 Å². The Hall–Kier alpha value is -0.210. The van der Waals surface area contributed by atoms with E-state index in [9.17, 15) is 8.42 Å². The monoisotopic (exact) mass is 410 g/mol. The molecular formula is C11H8Br2O3S2. The molecule has 1 aromatic carbocycles. The van der Waals surface area contributed by atoms with Crippen molar-refractivity contribution in [1.82, 2.24) is 0 Å². The number of halogens is 2. The van der Waals surface area contributed by atoms with E-state index < -0.39 is 10.1 Å². The first-order valence-corrected chi connectivity index (χ1v) is 8.68. The van der Waals surface area contributed by atoms with Crippen molar-refractivity contribution in [3.63, 3.8) is 0 Å². The van der Waals surface area contributed by atoms with E-state index in [4.69, 9.17) is 4.18 Å². The van der Waals surface area contributed by atoms with E-state index in [-0.39, 0.29) is 10.8 Å². The second kappa shape index (κ2) is 5.83. The second-order valence-electron chi connectivity index (χ2n) is 3.40. The molecule has 0 unspecified atom stereocenters. The standard InChI is InChI=1S/C11H8Br2O3S2/c12-9-3-1-8(2-4-9)7-16-18(14,15)11-6-5-10(13)17-11/h1-6H,7H2. The average Bonchev–Trinajstić information content (AvgIpc) is 2.76. The molecule has 0 saturated heterocycles. The number of benzene rings is 1. The van der Waals surface area contributed by atoms with Gasteiger partial charge in [0, 0.05) is 4.47 Å². The minimum Gasteiger partial charge on any atom is -0.261 e. The highest BCUT2D eigenvalue weighted by Crippen LogP contribution is 2.27. The van der Waals surface area contributed by atoms with Gasteiger partial charge in [0.15, 0.2) is 0 Å². The summed E-state index contributed by atoms with van der Waals surface area (Å²) < 4.78 is 30.6. The highest BCUT2D eigenvalue weighted by Gasteiger charge is 2.17. The maximum atomic E-state index is 11.8. The molecule has 7 heteroatoms. The van der Waals surface area contributed by atoms with Gasteiger partial charge in [0.1, 0.15) is 4.21 Å². The predicted octanol–water partition coefficient (Wildman–Crippen LogP) is 4.18. The number of rotatable bonds is 4. The molecule has 1 heterocycles. The predicted molar refractivity (Wildman–Crippen MR) is 78.1 cm³/mol. The first-order valence-electron chi connectivity index (χ1n) is 4.86. The lowest BCUT2D eigenvalue weighted by molar-refractivity contribution is 0.309. The van der Waals surface area contributed by atoms with Gasteiger partial charge in [-0.25, -0.2) is 0 Å². The second-order valence-corrected chi connectivity index (χ2v) is 8.62. The normalized spacial score (nSPS) is 11.7. The van der Waals surface area contributed by atoms with Crippen molar-refractivity contribution in [3.8, 4) is 0 Å². The largest absolute Gasteiger partial charge is 0.306 e. The zero-order chi connectivity index (χ0) is 13.2. The van der Waals surface area contributed by atoms with E-state index in [1.165, 1.54) is 6.07 Å². The number of hydrogen-bond acceptors (Lipinski definition) is 4. The van der Waals surface area contributed by atoms with Crippen LogP contribution in [0, 0.1) is 0 Å². The summed E-state index contributed by atoms with van der Waals surface area (Å²) in [6, 6.07) is 10.5. The summed E-state index contributed by atoms with van der Waals surface area (Å²) in [6.45, 7) is 0.0329. The van der Waals surface area contributed by atoms with E-state index in [2.05, 4.69) is 31.9 Å².